The van der Waals surface area contributed by atoms with Crippen LogP contribution >= 0.6 is 0 Å². The van der Waals surface area contributed by atoms with E-state index in [0.29, 0.717) is 30.8 Å². The zero-order chi connectivity index (χ0) is 24.0. The summed E-state index contributed by atoms with van der Waals surface area (Å²) in [6, 6.07) is 14.9. The monoisotopic (exact) mass is 455 g/mol. The minimum Gasteiger partial charge on any atom is -0.497 e. The molecule has 0 bridgehead atoms. The van der Waals surface area contributed by atoms with Gasteiger partial charge in [0.25, 0.3) is 0 Å². The number of nitrogens with one attached hydrogen (secondary N) is 1. The third-order valence-corrected chi connectivity index (χ3v) is 5.53. The summed E-state index contributed by atoms with van der Waals surface area (Å²) in [6.45, 7) is 5.42. The van der Waals surface area contributed by atoms with Crippen LogP contribution in [0, 0.1) is 5.92 Å². The van der Waals surface area contributed by atoms with Crippen LogP contribution in [0.15, 0.2) is 48.5 Å². The van der Waals surface area contributed by atoms with Gasteiger partial charge in [0, 0.05) is 18.5 Å². The number of hydrogen-bond acceptors (Lipinski definition) is 6. The summed E-state index contributed by atoms with van der Waals surface area (Å²) in [6.07, 6.45) is 0.639. The SMILES string of the molecule is COc1ccc(C[C@@H]2C[C@H]([C@H](Cc3ccccc3)NC(=O)OC(C)(C)C)C(=O)O2)c(OC)c1. The van der Waals surface area contributed by atoms with Gasteiger partial charge in [0.15, 0.2) is 0 Å². The lowest BCUT2D eigenvalue weighted by atomic mass is 9.89. The van der Waals surface area contributed by atoms with E-state index in [-0.39, 0.29) is 12.1 Å². The van der Waals surface area contributed by atoms with Gasteiger partial charge in [-0.1, -0.05) is 36.4 Å². The number of methoxy groups -OCH3 is 2. The van der Waals surface area contributed by atoms with Crippen molar-refractivity contribution in [3.8, 4) is 11.5 Å². The first-order valence-corrected chi connectivity index (χ1v) is 11.1. The third kappa shape index (κ3) is 6.88. The smallest absolute Gasteiger partial charge is 0.407 e. The minimum absolute atomic E-state index is 0.315. The summed E-state index contributed by atoms with van der Waals surface area (Å²) in [5.74, 6) is 0.583. The molecule has 3 rings (SSSR count). The molecular formula is C26H33NO6. The lowest BCUT2D eigenvalue weighted by molar-refractivity contribution is -0.144. The lowest BCUT2D eigenvalue weighted by Gasteiger charge is -2.26. The highest BCUT2D eigenvalue weighted by atomic mass is 16.6. The normalized spacial score (nSPS) is 18.9. The minimum atomic E-state index is -0.634. The number of rotatable bonds is 8. The fourth-order valence-corrected chi connectivity index (χ4v) is 4.02. The molecule has 1 saturated heterocycles. The van der Waals surface area contributed by atoms with Crippen LogP contribution in [0.25, 0.3) is 0 Å². The quantitative estimate of drug-likeness (QED) is 0.597. The van der Waals surface area contributed by atoms with E-state index in [0.717, 1.165) is 11.1 Å². The average molecular weight is 456 g/mol. The maximum Gasteiger partial charge on any atom is 0.407 e. The molecule has 1 amide bonds. The Balaban J connectivity index is 1.75. The zero-order valence-electron chi connectivity index (χ0n) is 19.9. The third-order valence-electron chi connectivity index (χ3n) is 5.53. The van der Waals surface area contributed by atoms with Crippen LogP contribution in [-0.2, 0) is 27.1 Å². The maximum absolute atomic E-state index is 12.9. The van der Waals surface area contributed by atoms with Crippen LogP contribution in [-0.4, -0.2) is 44.0 Å². The molecule has 3 atom stereocenters. The molecule has 33 heavy (non-hydrogen) atoms. The first-order valence-electron chi connectivity index (χ1n) is 11.1. The van der Waals surface area contributed by atoms with E-state index in [4.69, 9.17) is 18.9 Å². The van der Waals surface area contributed by atoms with Gasteiger partial charge in [0.05, 0.1) is 20.1 Å². The number of alkyl carbamates (subject to hydrolysis) is 1. The highest BCUT2D eigenvalue weighted by Gasteiger charge is 2.41. The van der Waals surface area contributed by atoms with E-state index in [1.54, 1.807) is 35.0 Å². The van der Waals surface area contributed by atoms with Crippen LogP contribution in [0.2, 0.25) is 0 Å². The van der Waals surface area contributed by atoms with Crippen LogP contribution in [0.5, 0.6) is 11.5 Å². The van der Waals surface area contributed by atoms with Crippen LogP contribution in [0.1, 0.15) is 38.3 Å². The Morgan fingerprint density at radius 2 is 1.85 bits per heavy atom. The molecule has 7 heteroatoms. The highest BCUT2D eigenvalue weighted by molar-refractivity contribution is 5.77. The van der Waals surface area contributed by atoms with Crippen molar-refractivity contribution in [3.05, 3.63) is 59.7 Å². The number of benzene rings is 2. The van der Waals surface area contributed by atoms with E-state index in [2.05, 4.69) is 5.32 Å². The van der Waals surface area contributed by atoms with Crippen molar-refractivity contribution in [3.63, 3.8) is 0 Å². The second kappa shape index (κ2) is 10.6. The summed E-state index contributed by atoms with van der Waals surface area (Å²) >= 11 is 0. The predicted molar refractivity (Wildman–Crippen MR) is 125 cm³/mol. The summed E-state index contributed by atoms with van der Waals surface area (Å²) in [4.78, 5) is 25.4. The average Bonchev–Trinajstić information content (AvgIpc) is 3.13. The van der Waals surface area contributed by atoms with Gasteiger partial charge in [-0.15, -0.1) is 0 Å². The Hall–Kier alpha value is -3.22. The van der Waals surface area contributed by atoms with Crippen molar-refractivity contribution < 1.29 is 28.5 Å². The Bertz CT molecular complexity index is 953. The molecule has 0 saturated carbocycles. The first-order chi connectivity index (χ1) is 15.7. The molecule has 2 aromatic carbocycles. The van der Waals surface area contributed by atoms with E-state index < -0.39 is 23.7 Å². The second-order valence-electron chi connectivity index (χ2n) is 9.23. The number of esters is 1. The van der Waals surface area contributed by atoms with E-state index in [1.165, 1.54) is 0 Å². The Morgan fingerprint density at radius 3 is 2.48 bits per heavy atom. The summed E-state index contributed by atoms with van der Waals surface area (Å²) in [5, 5.41) is 2.91. The molecule has 1 aliphatic heterocycles. The molecule has 1 heterocycles. The number of carbonyl (C=O) groups excluding carboxylic acids is 2. The van der Waals surface area contributed by atoms with Crippen molar-refractivity contribution in [2.24, 2.45) is 5.92 Å². The molecule has 0 spiro atoms. The topological polar surface area (TPSA) is 83.1 Å². The van der Waals surface area contributed by atoms with Gasteiger partial charge in [0.1, 0.15) is 23.2 Å². The zero-order valence-corrected chi connectivity index (χ0v) is 19.9. The standard InChI is InChI=1S/C26H33NO6/c1-26(2,3)33-25(29)27-22(13-17-9-7-6-8-10-17)21-15-20(32-24(21)28)14-18-11-12-19(30-4)16-23(18)31-5/h6-12,16,20-22H,13-15H2,1-5H3,(H,27,29)/t20-,21-,22+/m1/s1. The van der Waals surface area contributed by atoms with Crippen LogP contribution in [0.4, 0.5) is 4.79 Å². The Labute approximate surface area is 195 Å². The predicted octanol–water partition coefficient (Wildman–Crippen LogP) is 4.31. The van der Waals surface area contributed by atoms with Crippen molar-refractivity contribution in [2.75, 3.05) is 14.2 Å². The molecule has 7 nitrogen and oxygen atoms in total. The number of hydrogen-bond donors (Lipinski definition) is 1. The molecule has 1 N–H and O–H groups in total. The van der Waals surface area contributed by atoms with Crippen molar-refractivity contribution in [1.29, 1.82) is 0 Å². The van der Waals surface area contributed by atoms with Gasteiger partial charge >= 0.3 is 12.1 Å². The fraction of sp³-hybridized carbons (Fsp3) is 0.462. The fourth-order valence-electron chi connectivity index (χ4n) is 4.02. The highest BCUT2D eigenvalue weighted by Crippen LogP contribution is 2.32. The second-order valence-corrected chi connectivity index (χ2v) is 9.23. The number of ether oxygens (including phenoxy) is 4. The molecule has 1 aliphatic rings. The first kappa shape index (κ1) is 24.4. The number of carbonyl (C=O) groups is 2. The summed E-state index contributed by atoms with van der Waals surface area (Å²) < 4.78 is 21.9. The Morgan fingerprint density at radius 1 is 1.12 bits per heavy atom. The lowest BCUT2D eigenvalue weighted by Crippen LogP contribution is -2.45. The number of cyclic esters (lactones) is 1. The van der Waals surface area contributed by atoms with Gasteiger partial charge in [0.2, 0.25) is 0 Å². The van der Waals surface area contributed by atoms with E-state index in [1.807, 2.05) is 48.5 Å². The Kier molecular flexibility index (Phi) is 7.84. The van der Waals surface area contributed by atoms with Crippen molar-refractivity contribution in [2.45, 2.75) is 57.8 Å². The van der Waals surface area contributed by atoms with Crippen LogP contribution in [0.3, 0.4) is 0 Å². The van der Waals surface area contributed by atoms with Gasteiger partial charge in [-0.05, 0) is 50.8 Å². The number of amides is 1. The van der Waals surface area contributed by atoms with E-state index >= 15 is 0 Å². The van der Waals surface area contributed by atoms with Gasteiger partial charge < -0.3 is 24.3 Å². The maximum atomic E-state index is 12.9. The molecule has 178 valence electrons. The van der Waals surface area contributed by atoms with Gasteiger partial charge in [-0.2, -0.15) is 0 Å². The van der Waals surface area contributed by atoms with Crippen molar-refractivity contribution >= 4 is 12.1 Å². The molecule has 0 radical (unpaired) electrons. The largest absolute Gasteiger partial charge is 0.497 e. The summed E-state index contributed by atoms with van der Waals surface area (Å²) in [7, 11) is 3.20. The van der Waals surface area contributed by atoms with Crippen LogP contribution < -0.4 is 14.8 Å². The molecule has 2 aromatic rings. The molecule has 0 aromatic heterocycles. The molecular weight excluding hydrogens is 422 g/mol. The van der Waals surface area contributed by atoms with Gasteiger partial charge in [-0.3, -0.25) is 4.79 Å². The summed E-state index contributed by atoms with van der Waals surface area (Å²) in [5.41, 5.74) is 1.31. The van der Waals surface area contributed by atoms with Gasteiger partial charge in [-0.25, -0.2) is 4.79 Å². The van der Waals surface area contributed by atoms with E-state index in [9.17, 15) is 9.59 Å². The van der Waals surface area contributed by atoms with Crippen molar-refractivity contribution in [1.82, 2.24) is 5.32 Å². The molecule has 0 aliphatic carbocycles. The molecule has 1 fully saturated rings. The molecule has 0 unspecified atom stereocenters.